The lowest BCUT2D eigenvalue weighted by atomic mass is 10.0. The summed E-state index contributed by atoms with van der Waals surface area (Å²) in [6, 6.07) is 0.828. The summed E-state index contributed by atoms with van der Waals surface area (Å²) in [6.45, 7) is 4.00. The van der Waals surface area contributed by atoms with Gasteiger partial charge in [-0.3, -0.25) is 4.79 Å². The van der Waals surface area contributed by atoms with Crippen molar-refractivity contribution in [3.8, 4) is 0 Å². The number of nitrogens with zero attached hydrogens (tertiary/aromatic N) is 2. The smallest absolute Gasteiger partial charge is 0.368 e. The number of aromatic nitrogens is 1. The van der Waals surface area contributed by atoms with Crippen LogP contribution in [0.3, 0.4) is 0 Å². The zero-order valence-electron chi connectivity index (χ0n) is 13.5. The van der Waals surface area contributed by atoms with Crippen LogP contribution in [0.25, 0.3) is 0 Å². The molecule has 1 aliphatic heterocycles. The van der Waals surface area contributed by atoms with E-state index in [1.807, 2.05) is 4.90 Å². The van der Waals surface area contributed by atoms with Crippen LogP contribution in [0, 0.1) is 5.92 Å². The van der Waals surface area contributed by atoms with Gasteiger partial charge in [-0.1, -0.05) is 18.5 Å². The van der Waals surface area contributed by atoms with E-state index in [9.17, 15) is 18.0 Å². The molecular formula is C16H21ClF3N3O. The van der Waals surface area contributed by atoms with E-state index in [1.54, 1.807) is 0 Å². The first-order valence-corrected chi connectivity index (χ1v) is 8.39. The second kappa shape index (κ2) is 8.05. The van der Waals surface area contributed by atoms with Crippen LogP contribution in [0.2, 0.25) is 5.02 Å². The first-order valence-electron chi connectivity index (χ1n) is 8.01. The average Bonchev–Trinajstić information content (AvgIpc) is 2.72. The number of hydrogen-bond acceptors (Lipinski definition) is 3. The van der Waals surface area contributed by atoms with Crippen molar-refractivity contribution in [2.75, 3.05) is 25.0 Å². The van der Waals surface area contributed by atoms with E-state index >= 15 is 0 Å². The number of rotatable bonds is 4. The number of anilines is 1. The highest BCUT2D eigenvalue weighted by Crippen LogP contribution is 2.32. The van der Waals surface area contributed by atoms with Crippen molar-refractivity contribution in [2.45, 2.75) is 38.8 Å². The van der Waals surface area contributed by atoms with E-state index in [4.69, 9.17) is 11.6 Å². The van der Waals surface area contributed by atoms with Gasteiger partial charge in [0.25, 0.3) is 0 Å². The Labute approximate surface area is 144 Å². The van der Waals surface area contributed by atoms with Crippen LogP contribution in [0.4, 0.5) is 19.0 Å². The summed E-state index contributed by atoms with van der Waals surface area (Å²) < 4.78 is 37.7. The lowest BCUT2D eigenvalue weighted by Gasteiger charge is -2.20. The zero-order valence-corrected chi connectivity index (χ0v) is 14.3. The molecule has 1 aromatic rings. The summed E-state index contributed by atoms with van der Waals surface area (Å²) in [5.41, 5.74) is -0.896. The number of pyridine rings is 1. The van der Waals surface area contributed by atoms with Crippen molar-refractivity contribution in [2.24, 2.45) is 5.92 Å². The minimum atomic E-state index is -4.48. The van der Waals surface area contributed by atoms with Crippen LogP contribution in [0.5, 0.6) is 0 Å². The second-order valence-electron chi connectivity index (χ2n) is 6.15. The van der Waals surface area contributed by atoms with Crippen molar-refractivity contribution < 1.29 is 18.0 Å². The lowest BCUT2D eigenvalue weighted by molar-refractivity contribution is -0.137. The Hall–Kier alpha value is -1.50. The van der Waals surface area contributed by atoms with Crippen LogP contribution in [0.15, 0.2) is 12.3 Å². The minimum Gasteiger partial charge on any atom is -0.368 e. The molecule has 0 aliphatic carbocycles. The summed E-state index contributed by atoms with van der Waals surface area (Å²) in [4.78, 5) is 17.7. The fourth-order valence-electron chi connectivity index (χ4n) is 2.68. The Bertz CT molecular complexity index is 580. The standard InChI is InChI=1S/C16H21ClF3N3O/c1-11-3-2-7-23(8-5-11)14(24)4-6-21-15-13(17)9-12(10-22-15)16(18,19)20/h9-11H,2-8H2,1H3,(H,21,22). The van der Waals surface area contributed by atoms with E-state index < -0.39 is 11.7 Å². The summed E-state index contributed by atoms with van der Waals surface area (Å²) in [7, 11) is 0. The molecule has 0 saturated carbocycles. The third kappa shape index (κ3) is 5.26. The molecule has 1 fully saturated rings. The third-order valence-corrected chi connectivity index (χ3v) is 4.46. The minimum absolute atomic E-state index is 0.0413. The molecule has 2 heterocycles. The highest BCUT2D eigenvalue weighted by Gasteiger charge is 2.31. The maximum atomic E-state index is 12.6. The fourth-order valence-corrected chi connectivity index (χ4v) is 2.91. The summed E-state index contributed by atoms with van der Waals surface area (Å²) >= 11 is 5.82. The third-order valence-electron chi connectivity index (χ3n) is 4.17. The Balaban J connectivity index is 1.84. The van der Waals surface area contributed by atoms with Crippen molar-refractivity contribution in [3.05, 3.63) is 22.8 Å². The lowest BCUT2D eigenvalue weighted by Crippen LogP contribution is -2.33. The van der Waals surface area contributed by atoms with Crippen LogP contribution in [0.1, 0.15) is 38.2 Å². The summed E-state index contributed by atoms with van der Waals surface area (Å²) in [5, 5.41) is 2.72. The largest absolute Gasteiger partial charge is 0.417 e. The van der Waals surface area contributed by atoms with Crippen LogP contribution in [-0.4, -0.2) is 35.4 Å². The van der Waals surface area contributed by atoms with Gasteiger partial charge in [0, 0.05) is 32.3 Å². The summed E-state index contributed by atoms with van der Waals surface area (Å²) in [6.07, 6.45) is -0.347. The van der Waals surface area contributed by atoms with Gasteiger partial charge in [-0.05, 0) is 31.2 Å². The predicted octanol–water partition coefficient (Wildman–Crippen LogP) is 4.20. The van der Waals surface area contributed by atoms with Crippen LogP contribution in [-0.2, 0) is 11.0 Å². The average molecular weight is 364 g/mol. The van der Waals surface area contributed by atoms with E-state index in [0.717, 1.165) is 44.6 Å². The molecule has 1 atom stereocenters. The van der Waals surface area contributed by atoms with Gasteiger partial charge < -0.3 is 10.2 Å². The number of carbonyl (C=O) groups excluding carboxylic acids is 1. The van der Waals surface area contributed by atoms with Gasteiger partial charge in [0.15, 0.2) is 0 Å². The molecule has 1 aromatic heterocycles. The highest BCUT2D eigenvalue weighted by molar-refractivity contribution is 6.32. The monoisotopic (exact) mass is 363 g/mol. The molecule has 1 N–H and O–H groups in total. The molecule has 1 amide bonds. The Morgan fingerprint density at radius 2 is 2.17 bits per heavy atom. The highest BCUT2D eigenvalue weighted by atomic mass is 35.5. The number of carbonyl (C=O) groups is 1. The Kier molecular flexibility index (Phi) is 6.32. The molecule has 1 saturated heterocycles. The molecule has 1 aliphatic rings. The van der Waals surface area contributed by atoms with Gasteiger partial charge in [0.1, 0.15) is 5.82 Å². The van der Waals surface area contributed by atoms with Crippen molar-refractivity contribution >= 4 is 23.3 Å². The number of nitrogens with one attached hydrogen (secondary N) is 1. The molecule has 1 unspecified atom stereocenters. The van der Waals surface area contributed by atoms with Gasteiger partial charge >= 0.3 is 6.18 Å². The number of hydrogen-bond donors (Lipinski definition) is 1. The normalized spacial score (nSPS) is 19.0. The molecule has 134 valence electrons. The van der Waals surface area contributed by atoms with Gasteiger partial charge in [-0.15, -0.1) is 0 Å². The molecule has 0 aromatic carbocycles. The quantitative estimate of drug-likeness (QED) is 0.871. The zero-order chi connectivity index (χ0) is 17.7. The molecule has 2 rings (SSSR count). The van der Waals surface area contributed by atoms with Crippen LogP contribution >= 0.6 is 11.6 Å². The van der Waals surface area contributed by atoms with Gasteiger partial charge in [-0.25, -0.2) is 4.98 Å². The Morgan fingerprint density at radius 3 is 2.83 bits per heavy atom. The second-order valence-corrected chi connectivity index (χ2v) is 6.55. The van der Waals surface area contributed by atoms with Crippen molar-refractivity contribution in [1.29, 1.82) is 0 Å². The number of halogens is 4. The maximum Gasteiger partial charge on any atom is 0.417 e. The van der Waals surface area contributed by atoms with E-state index in [1.165, 1.54) is 0 Å². The Morgan fingerprint density at radius 1 is 1.42 bits per heavy atom. The van der Waals surface area contributed by atoms with E-state index in [2.05, 4.69) is 17.2 Å². The van der Waals surface area contributed by atoms with Gasteiger partial charge in [0.05, 0.1) is 10.6 Å². The molecule has 0 spiro atoms. The van der Waals surface area contributed by atoms with Crippen molar-refractivity contribution in [3.63, 3.8) is 0 Å². The predicted molar refractivity (Wildman–Crippen MR) is 87.0 cm³/mol. The topological polar surface area (TPSA) is 45.2 Å². The maximum absolute atomic E-state index is 12.6. The molecule has 0 radical (unpaired) electrons. The molecule has 0 bridgehead atoms. The van der Waals surface area contributed by atoms with Gasteiger partial charge in [0.2, 0.25) is 5.91 Å². The van der Waals surface area contributed by atoms with E-state index in [-0.39, 0.29) is 29.7 Å². The first kappa shape index (κ1) is 18.8. The SMILES string of the molecule is CC1CCCN(C(=O)CCNc2ncc(C(F)(F)F)cc2Cl)CC1. The fraction of sp³-hybridized carbons (Fsp3) is 0.625. The number of alkyl halides is 3. The van der Waals surface area contributed by atoms with Gasteiger partial charge in [-0.2, -0.15) is 13.2 Å². The molecule has 8 heteroatoms. The number of amides is 1. The molecular weight excluding hydrogens is 343 g/mol. The number of likely N-dealkylation sites (tertiary alicyclic amines) is 1. The molecule has 4 nitrogen and oxygen atoms in total. The van der Waals surface area contributed by atoms with E-state index in [0.29, 0.717) is 5.92 Å². The molecule has 24 heavy (non-hydrogen) atoms. The summed E-state index contributed by atoms with van der Waals surface area (Å²) in [5.74, 6) is 0.831. The van der Waals surface area contributed by atoms with Crippen molar-refractivity contribution in [1.82, 2.24) is 9.88 Å². The van der Waals surface area contributed by atoms with Crippen LogP contribution < -0.4 is 5.32 Å². The first-order chi connectivity index (χ1) is 11.3.